The van der Waals surface area contributed by atoms with Crippen molar-refractivity contribution in [3.05, 3.63) is 21.9 Å². The molecule has 1 aromatic rings. The zero-order valence-corrected chi connectivity index (χ0v) is 11.5. The Kier molecular flexibility index (Phi) is 5.32. The number of amides is 1. The van der Waals surface area contributed by atoms with Crippen LogP contribution in [0.5, 0.6) is 0 Å². The Morgan fingerprint density at radius 2 is 2.40 bits per heavy atom. The Hall–Kier alpha value is -0.350. The topological polar surface area (TPSA) is 29.1 Å². The Balaban J connectivity index is 2.54. The molecule has 15 heavy (non-hydrogen) atoms. The van der Waals surface area contributed by atoms with Gasteiger partial charge in [0.25, 0.3) is 5.91 Å². The van der Waals surface area contributed by atoms with Crippen molar-refractivity contribution in [2.75, 3.05) is 11.9 Å². The maximum Gasteiger partial charge on any atom is 0.261 e. The molecule has 0 saturated carbocycles. The average Bonchev–Trinajstić information content (AvgIpc) is 2.73. The molecule has 0 radical (unpaired) electrons. The third kappa shape index (κ3) is 3.61. The fraction of sp³-hybridized carbons (Fsp3) is 0.545. The van der Waals surface area contributed by atoms with Crippen molar-refractivity contribution >= 4 is 33.2 Å². The second-order valence-electron chi connectivity index (χ2n) is 3.60. The van der Waals surface area contributed by atoms with E-state index in [4.69, 9.17) is 0 Å². The predicted molar refractivity (Wildman–Crippen MR) is 69.0 cm³/mol. The van der Waals surface area contributed by atoms with Crippen molar-refractivity contribution in [1.29, 1.82) is 0 Å². The molecule has 4 heteroatoms. The summed E-state index contributed by atoms with van der Waals surface area (Å²) in [6.07, 6.45) is 0.917. The Labute approximate surface area is 103 Å². The highest BCUT2D eigenvalue weighted by Gasteiger charge is 2.12. The maximum absolute atomic E-state index is 11.8. The van der Waals surface area contributed by atoms with E-state index in [2.05, 4.69) is 35.1 Å². The number of nitrogens with one attached hydrogen (secondary N) is 1. The van der Waals surface area contributed by atoms with Crippen LogP contribution in [-0.4, -0.2) is 17.8 Å². The molecule has 0 aliphatic carbocycles. The molecular weight excluding hydrogens is 274 g/mol. The molecular formula is C11H16BrNOS. The minimum Gasteiger partial charge on any atom is -0.351 e. The fourth-order valence-electron chi connectivity index (χ4n) is 1.22. The van der Waals surface area contributed by atoms with Crippen LogP contribution in [0, 0.1) is 5.92 Å². The molecule has 1 unspecified atom stereocenters. The molecule has 1 aromatic heterocycles. The molecule has 1 N–H and O–H groups in total. The second kappa shape index (κ2) is 6.28. The predicted octanol–water partition coefficient (Wildman–Crippen LogP) is 3.07. The van der Waals surface area contributed by atoms with Crippen molar-refractivity contribution in [3.63, 3.8) is 0 Å². The van der Waals surface area contributed by atoms with Crippen molar-refractivity contribution in [3.8, 4) is 0 Å². The van der Waals surface area contributed by atoms with Crippen molar-refractivity contribution in [2.24, 2.45) is 5.92 Å². The Bertz CT molecular complexity index is 324. The lowest BCUT2D eigenvalue weighted by Crippen LogP contribution is -2.28. The Morgan fingerprint density at radius 3 is 3.00 bits per heavy atom. The summed E-state index contributed by atoms with van der Waals surface area (Å²) >= 11 is 4.91. The highest BCUT2D eigenvalue weighted by molar-refractivity contribution is 9.09. The van der Waals surface area contributed by atoms with E-state index in [1.54, 1.807) is 0 Å². The van der Waals surface area contributed by atoms with Crippen LogP contribution in [0.25, 0.3) is 0 Å². The number of rotatable bonds is 5. The van der Waals surface area contributed by atoms with Crippen LogP contribution in [-0.2, 0) is 6.42 Å². The van der Waals surface area contributed by atoms with Gasteiger partial charge in [0.15, 0.2) is 0 Å². The number of hydrogen-bond acceptors (Lipinski definition) is 2. The van der Waals surface area contributed by atoms with Gasteiger partial charge in [0.1, 0.15) is 0 Å². The standard InChI is InChI=1S/C11H16BrNOS/c1-3-9-4-5-15-10(9)11(14)13-7-8(2)6-12/h4-5,8H,3,6-7H2,1-2H3,(H,13,14). The number of halogens is 1. The third-order valence-electron chi connectivity index (χ3n) is 2.21. The first-order valence-corrected chi connectivity index (χ1v) is 7.09. The van der Waals surface area contributed by atoms with Gasteiger partial charge in [-0.25, -0.2) is 0 Å². The number of carbonyl (C=O) groups excluding carboxylic acids is 1. The van der Waals surface area contributed by atoms with E-state index < -0.39 is 0 Å². The summed E-state index contributed by atoms with van der Waals surface area (Å²) in [4.78, 5) is 12.7. The monoisotopic (exact) mass is 289 g/mol. The molecule has 1 amide bonds. The van der Waals surface area contributed by atoms with E-state index in [1.807, 2.05) is 11.4 Å². The van der Waals surface area contributed by atoms with Gasteiger partial charge < -0.3 is 5.32 Å². The zero-order chi connectivity index (χ0) is 11.3. The molecule has 0 aliphatic rings. The second-order valence-corrected chi connectivity index (χ2v) is 5.16. The summed E-state index contributed by atoms with van der Waals surface area (Å²) < 4.78 is 0. The van der Waals surface area contributed by atoms with Crippen LogP contribution >= 0.6 is 27.3 Å². The first kappa shape index (κ1) is 12.7. The molecule has 84 valence electrons. The van der Waals surface area contributed by atoms with Crippen LogP contribution in [0.1, 0.15) is 29.1 Å². The lowest BCUT2D eigenvalue weighted by Gasteiger charge is -2.09. The van der Waals surface area contributed by atoms with E-state index in [0.717, 1.165) is 28.7 Å². The van der Waals surface area contributed by atoms with Gasteiger partial charge in [-0.3, -0.25) is 4.79 Å². The minimum atomic E-state index is 0.0645. The van der Waals surface area contributed by atoms with Crippen molar-refractivity contribution in [1.82, 2.24) is 5.32 Å². The first-order valence-electron chi connectivity index (χ1n) is 5.09. The van der Waals surface area contributed by atoms with Crippen molar-refractivity contribution < 1.29 is 4.79 Å². The molecule has 0 aliphatic heterocycles. The molecule has 0 saturated heterocycles. The van der Waals surface area contributed by atoms with Gasteiger partial charge in [-0.15, -0.1) is 11.3 Å². The largest absolute Gasteiger partial charge is 0.351 e. The van der Waals surface area contributed by atoms with Crippen LogP contribution in [0.15, 0.2) is 11.4 Å². The fourth-order valence-corrected chi connectivity index (χ4v) is 2.36. The van der Waals surface area contributed by atoms with Crippen molar-refractivity contribution in [2.45, 2.75) is 20.3 Å². The molecule has 1 atom stereocenters. The van der Waals surface area contributed by atoms with Crippen LogP contribution < -0.4 is 5.32 Å². The number of aryl methyl sites for hydroxylation is 1. The summed E-state index contributed by atoms with van der Waals surface area (Å²) in [5.74, 6) is 0.536. The molecule has 2 nitrogen and oxygen atoms in total. The lowest BCUT2D eigenvalue weighted by atomic mass is 10.2. The van der Waals surface area contributed by atoms with Crippen LogP contribution in [0.2, 0.25) is 0 Å². The maximum atomic E-state index is 11.8. The smallest absolute Gasteiger partial charge is 0.261 e. The third-order valence-corrected chi connectivity index (χ3v) is 4.27. The SMILES string of the molecule is CCc1ccsc1C(=O)NCC(C)CBr. The number of thiophene rings is 1. The quantitative estimate of drug-likeness (QED) is 0.830. The van der Waals surface area contributed by atoms with Crippen LogP contribution in [0.4, 0.5) is 0 Å². The van der Waals surface area contributed by atoms with Gasteiger partial charge in [0, 0.05) is 11.9 Å². The summed E-state index contributed by atoms with van der Waals surface area (Å²) in [5, 5.41) is 5.84. The van der Waals surface area contributed by atoms with E-state index in [9.17, 15) is 4.79 Å². The molecule has 0 aromatic carbocycles. The number of hydrogen-bond donors (Lipinski definition) is 1. The minimum absolute atomic E-state index is 0.0645. The summed E-state index contributed by atoms with van der Waals surface area (Å²) in [7, 11) is 0. The van der Waals surface area contributed by atoms with E-state index in [-0.39, 0.29) is 5.91 Å². The highest BCUT2D eigenvalue weighted by atomic mass is 79.9. The van der Waals surface area contributed by atoms with Gasteiger partial charge >= 0.3 is 0 Å². The van der Waals surface area contributed by atoms with Gasteiger partial charge in [0.2, 0.25) is 0 Å². The summed E-state index contributed by atoms with van der Waals surface area (Å²) in [5.41, 5.74) is 1.14. The zero-order valence-electron chi connectivity index (χ0n) is 9.05. The highest BCUT2D eigenvalue weighted by Crippen LogP contribution is 2.17. The molecule has 0 fully saturated rings. The number of alkyl halides is 1. The molecule has 1 heterocycles. The van der Waals surface area contributed by atoms with E-state index in [0.29, 0.717) is 5.92 Å². The van der Waals surface area contributed by atoms with Gasteiger partial charge in [-0.05, 0) is 29.3 Å². The molecule has 0 bridgehead atoms. The van der Waals surface area contributed by atoms with Gasteiger partial charge in [-0.1, -0.05) is 29.8 Å². The molecule has 0 spiro atoms. The van der Waals surface area contributed by atoms with E-state index >= 15 is 0 Å². The summed E-state index contributed by atoms with van der Waals surface area (Å²) in [6, 6.07) is 2.02. The normalized spacial score (nSPS) is 12.5. The van der Waals surface area contributed by atoms with Gasteiger partial charge in [-0.2, -0.15) is 0 Å². The first-order chi connectivity index (χ1) is 7.19. The Morgan fingerprint density at radius 1 is 1.67 bits per heavy atom. The molecule has 1 rings (SSSR count). The lowest BCUT2D eigenvalue weighted by molar-refractivity contribution is 0.0952. The van der Waals surface area contributed by atoms with Crippen LogP contribution in [0.3, 0.4) is 0 Å². The average molecular weight is 290 g/mol. The van der Waals surface area contributed by atoms with E-state index in [1.165, 1.54) is 11.3 Å². The van der Waals surface area contributed by atoms with Gasteiger partial charge in [0.05, 0.1) is 4.88 Å². The number of carbonyl (C=O) groups is 1. The summed E-state index contributed by atoms with van der Waals surface area (Å²) in [6.45, 7) is 4.90.